The van der Waals surface area contributed by atoms with Gasteiger partial charge in [-0.1, -0.05) is 375 Å². The van der Waals surface area contributed by atoms with E-state index in [-0.39, 0.29) is 25.7 Å². The summed E-state index contributed by atoms with van der Waals surface area (Å²) in [4.78, 5) is 72.9. The summed E-state index contributed by atoms with van der Waals surface area (Å²) in [5.74, 6) is -0.439. The molecule has 7 atom stereocenters. The second kappa shape index (κ2) is 72.6. The average molecular weight is 1470 g/mol. The zero-order valence-corrected chi connectivity index (χ0v) is 67.3. The van der Waals surface area contributed by atoms with Crippen LogP contribution in [0.3, 0.4) is 0 Å². The molecule has 100 heavy (non-hydrogen) atoms. The largest absolute Gasteiger partial charge is 0.472 e. The first-order chi connectivity index (χ1) is 48.4. The molecule has 4 unspecified atom stereocenters. The fourth-order valence-corrected chi connectivity index (χ4v) is 14.1. The van der Waals surface area contributed by atoms with Crippen molar-refractivity contribution >= 4 is 39.5 Å². The van der Waals surface area contributed by atoms with Gasteiger partial charge in [-0.05, 0) is 37.5 Å². The predicted molar refractivity (Wildman–Crippen MR) is 409 cm³/mol. The van der Waals surface area contributed by atoms with Gasteiger partial charge in [-0.25, -0.2) is 9.13 Å². The van der Waals surface area contributed by atoms with E-state index in [4.69, 9.17) is 37.0 Å². The van der Waals surface area contributed by atoms with Gasteiger partial charge in [0.25, 0.3) is 0 Å². The lowest BCUT2D eigenvalue weighted by Crippen LogP contribution is -2.30. The molecule has 0 aromatic carbocycles. The molecule has 0 aliphatic rings. The molecule has 0 aliphatic heterocycles. The Morgan fingerprint density at radius 1 is 0.280 bits per heavy atom. The van der Waals surface area contributed by atoms with Crippen LogP contribution in [-0.2, 0) is 65.4 Å². The maximum atomic E-state index is 13.1. The molecule has 594 valence electrons. The topological polar surface area (TPSA) is 237 Å². The van der Waals surface area contributed by atoms with E-state index in [0.717, 1.165) is 115 Å². The van der Waals surface area contributed by atoms with Gasteiger partial charge in [-0.3, -0.25) is 37.3 Å². The number of hydrogen-bond donors (Lipinski definition) is 3. The van der Waals surface area contributed by atoms with Gasteiger partial charge in [0.05, 0.1) is 26.4 Å². The number of phosphoric acid groups is 2. The predicted octanol–water partition coefficient (Wildman–Crippen LogP) is 24.3. The zero-order valence-electron chi connectivity index (χ0n) is 65.5. The van der Waals surface area contributed by atoms with Gasteiger partial charge in [-0.2, -0.15) is 0 Å². The fourth-order valence-electron chi connectivity index (χ4n) is 12.5. The normalized spacial score (nSPS) is 14.4. The van der Waals surface area contributed by atoms with Crippen molar-refractivity contribution in [1.82, 2.24) is 0 Å². The summed E-state index contributed by atoms with van der Waals surface area (Å²) < 4.78 is 68.6. The summed E-state index contributed by atoms with van der Waals surface area (Å²) in [6, 6.07) is 0. The zero-order chi connectivity index (χ0) is 73.5. The van der Waals surface area contributed by atoms with Crippen LogP contribution in [0.2, 0.25) is 0 Å². The Bertz CT molecular complexity index is 1930. The Hall–Kier alpha value is -1.94. The van der Waals surface area contributed by atoms with E-state index in [1.54, 1.807) is 0 Å². The number of aliphatic hydroxyl groups excluding tert-OH is 1. The number of carbonyl (C=O) groups is 4. The van der Waals surface area contributed by atoms with Crippen molar-refractivity contribution in [3.63, 3.8) is 0 Å². The van der Waals surface area contributed by atoms with Crippen LogP contribution in [0.15, 0.2) is 0 Å². The smallest absolute Gasteiger partial charge is 0.462 e. The van der Waals surface area contributed by atoms with Crippen molar-refractivity contribution in [3.8, 4) is 0 Å². The van der Waals surface area contributed by atoms with Crippen molar-refractivity contribution in [2.45, 2.75) is 445 Å². The third kappa shape index (κ3) is 71.7. The van der Waals surface area contributed by atoms with E-state index in [0.29, 0.717) is 25.7 Å². The quantitative estimate of drug-likeness (QED) is 0.0222. The summed E-state index contributed by atoms with van der Waals surface area (Å²) in [6.45, 7) is 9.68. The number of phosphoric ester groups is 2. The van der Waals surface area contributed by atoms with Gasteiger partial charge in [0.15, 0.2) is 12.2 Å². The molecule has 0 fully saturated rings. The first kappa shape index (κ1) is 98.1. The Balaban J connectivity index is 5.17. The molecule has 0 heterocycles. The maximum absolute atomic E-state index is 13.1. The van der Waals surface area contributed by atoms with Gasteiger partial charge in [-0.15, -0.1) is 0 Å². The van der Waals surface area contributed by atoms with Gasteiger partial charge in [0.2, 0.25) is 0 Å². The van der Waals surface area contributed by atoms with Crippen molar-refractivity contribution in [2.24, 2.45) is 11.8 Å². The van der Waals surface area contributed by atoms with Crippen LogP contribution in [0.4, 0.5) is 0 Å². The molecular weight excluding hydrogens is 1310 g/mol. The lowest BCUT2D eigenvalue weighted by molar-refractivity contribution is -0.161. The molecule has 0 radical (unpaired) electrons. The lowest BCUT2D eigenvalue weighted by Gasteiger charge is -2.21. The lowest BCUT2D eigenvalue weighted by atomic mass is 9.99. The van der Waals surface area contributed by atoms with Crippen molar-refractivity contribution < 1.29 is 80.2 Å². The summed E-state index contributed by atoms with van der Waals surface area (Å²) in [5.41, 5.74) is 0. The summed E-state index contributed by atoms with van der Waals surface area (Å²) in [7, 11) is -9.91. The monoisotopic (exact) mass is 1470 g/mol. The molecule has 0 saturated heterocycles. The van der Waals surface area contributed by atoms with Gasteiger partial charge >= 0.3 is 39.5 Å². The van der Waals surface area contributed by atoms with E-state index in [1.807, 2.05) is 0 Å². The molecule has 17 nitrogen and oxygen atoms in total. The third-order valence-electron chi connectivity index (χ3n) is 19.7. The molecule has 0 rings (SSSR count). The van der Waals surface area contributed by atoms with Crippen molar-refractivity contribution in [2.75, 3.05) is 39.6 Å². The molecule has 19 heteroatoms. The first-order valence-electron chi connectivity index (χ1n) is 42.1. The van der Waals surface area contributed by atoms with Crippen LogP contribution in [0.1, 0.15) is 427 Å². The molecule has 3 N–H and O–H groups in total. The molecule has 0 bridgehead atoms. The molecule has 0 aromatic heterocycles. The van der Waals surface area contributed by atoms with Crippen LogP contribution in [0, 0.1) is 11.8 Å². The minimum absolute atomic E-state index is 0.106. The van der Waals surface area contributed by atoms with Crippen LogP contribution >= 0.6 is 15.6 Å². The number of rotatable bonds is 80. The van der Waals surface area contributed by atoms with Gasteiger partial charge in [0.1, 0.15) is 19.3 Å². The second-order valence-electron chi connectivity index (χ2n) is 29.6. The minimum Gasteiger partial charge on any atom is -0.462 e. The Morgan fingerprint density at radius 3 is 0.710 bits per heavy atom. The Kier molecular flexibility index (Phi) is 71.2. The van der Waals surface area contributed by atoms with Crippen molar-refractivity contribution in [1.29, 1.82) is 0 Å². The number of carbonyl (C=O) groups excluding carboxylic acids is 4. The highest BCUT2D eigenvalue weighted by Crippen LogP contribution is 2.45. The van der Waals surface area contributed by atoms with E-state index in [1.165, 1.54) is 231 Å². The summed E-state index contributed by atoms with van der Waals surface area (Å²) in [6.07, 6.45) is 62.5. The molecule has 0 saturated carbocycles. The van der Waals surface area contributed by atoms with E-state index in [9.17, 15) is 43.2 Å². The highest BCUT2D eigenvalue weighted by Gasteiger charge is 2.30. The highest BCUT2D eigenvalue weighted by molar-refractivity contribution is 7.47. The van der Waals surface area contributed by atoms with E-state index < -0.39 is 97.5 Å². The second-order valence-corrected chi connectivity index (χ2v) is 32.6. The van der Waals surface area contributed by atoms with Crippen LogP contribution < -0.4 is 0 Å². The fraction of sp³-hybridized carbons (Fsp3) is 0.951. The van der Waals surface area contributed by atoms with Crippen molar-refractivity contribution in [3.05, 3.63) is 0 Å². The summed E-state index contributed by atoms with van der Waals surface area (Å²) in [5, 5.41) is 10.6. The number of unbranched alkanes of at least 4 members (excludes halogenated alkanes) is 48. The maximum Gasteiger partial charge on any atom is 0.472 e. The first-order valence-corrected chi connectivity index (χ1v) is 45.1. The molecule has 0 aromatic rings. The minimum atomic E-state index is -4.96. The number of ether oxygens (including phenoxy) is 4. The van der Waals surface area contributed by atoms with E-state index in [2.05, 4.69) is 41.5 Å². The third-order valence-corrected chi connectivity index (χ3v) is 21.6. The Morgan fingerprint density at radius 2 is 0.480 bits per heavy atom. The molecular formula is C81H158O17P2. The number of aliphatic hydroxyl groups is 1. The summed E-state index contributed by atoms with van der Waals surface area (Å²) >= 11 is 0. The van der Waals surface area contributed by atoms with Crippen LogP contribution in [0.25, 0.3) is 0 Å². The van der Waals surface area contributed by atoms with Gasteiger partial charge < -0.3 is 33.8 Å². The van der Waals surface area contributed by atoms with Gasteiger partial charge in [0, 0.05) is 25.7 Å². The standard InChI is InChI=1S/C81H158O17P2/c1-7-11-13-15-17-18-19-20-21-24-28-31-34-40-46-52-58-64-79(84)92-70-77(98-80(85)65-59-53-47-41-35-32-29-26-23-22-25-27-30-33-38-44-49-55-61-73(5)9-3)72-96-100(89,90)94-68-75(82)67-93-99(87,88)95-71-76(69-91-78(83)63-57-51-43-16-14-12-8-2)97-81(86)66-60-54-48-42-37-36-39-45-50-56-62-74(6)10-4/h73-77,82H,7-72H2,1-6H3,(H,87,88)(H,89,90)/t73?,74?,75-,76+,77+/m0/s1. The number of esters is 4. The molecule has 0 amide bonds. The average Bonchev–Trinajstić information content (AvgIpc) is 1.01. The van der Waals surface area contributed by atoms with E-state index >= 15 is 0 Å². The van der Waals surface area contributed by atoms with Crippen LogP contribution in [0.5, 0.6) is 0 Å². The highest BCUT2D eigenvalue weighted by atomic mass is 31.2. The molecule has 0 aliphatic carbocycles. The Labute approximate surface area is 613 Å². The number of hydrogen-bond acceptors (Lipinski definition) is 15. The SMILES string of the molecule is CCCCCCCCCCCCCCCCCCCC(=O)OC[C@H](COP(=O)(O)OC[C@@H](O)COP(=O)(O)OC[C@@H](COC(=O)CCCCCCCCC)OC(=O)CCCCCCCCCCCCC(C)CC)OC(=O)CCCCCCCCCCCCCCCCCCCCC(C)CC. The van der Waals surface area contributed by atoms with Crippen LogP contribution in [-0.4, -0.2) is 96.7 Å². The molecule has 0 spiro atoms.